The minimum atomic E-state index is -0.0980. The molecule has 1 aliphatic heterocycles. The van der Waals surface area contributed by atoms with E-state index in [-0.39, 0.29) is 5.91 Å². The van der Waals surface area contributed by atoms with Crippen molar-refractivity contribution in [3.8, 4) is 11.4 Å². The fourth-order valence-corrected chi connectivity index (χ4v) is 2.71. The van der Waals surface area contributed by atoms with Gasteiger partial charge in [0.2, 0.25) is 5.91 Å². The lowest BCUT2D eigenvalue weighted by Crippen LogP contribution is -2.12. The Balaban J connectivity index is 1.63. The summed E-state index contributed by atoms with van der Waals surface area (Å²) >= 11 is 0. The first-order chi connectivity index (χ1) is 11.7. The van der Waals surface area contributed by atoms with Crippen LogP contribution < -0.4 is 10.6 Å². The van der Waals surface area contributed by atoms with Crippen LogP contribution in [0.4, 0.5) is 17.2 Å². The molecule has 24 heavy (non-hydrogen) atoms. The van der Waals surface area contributed by atoms with E-state index in [1.165, 1.54) is 12.5 Å². The Bertz CT molecular complexity index is 921. The summed E-state index contributed by atoms with van der Waals surface area (Å²) in [7, 11) is 0. The largest absolute Gasteiger partial charge is 0.337 e. The number of nitrogens with zero attached hydrogens (tertiary/aromatic N) is 3. The Kier molecular flexibility index (Phi) is 3.42. The van der Waals surface area contributed by atoms with Crippen molar-refractivity contribution in [1.82, 2.24) is 15.2 Å². The molecule has 2 heterocycles. The maximum atomic E-state index is 11.1. The number of hydrogen-bond donors (Lipinski definition) is 2. The monoisotopic (exact) mass is 317 g/mol. The zero-order valence-corrected chi connectivity index (χ0v) is 13.1. The molecule has 0 spiro atoms. The van der Waals surface area contributed by atoms with Crippen LogP contribution in [0.5, 0.6) is 0 Å². The van der Waals surface area contributed by atoms with Gasteiger partial charge >= 0.3 is 0 Å². The lowest BCUT2D eigenvalue weighted by molar-refractivity contribution is -0.114. The summed E-state index contributed by atoms with van der Waals surface area (Å²) in [5, 5.41) is 14.5. The third-order valence-electron chi connectivity index (χ3n) is 3.85. The van der Waals surface area contributed by atoms with Crippen LogP contribution in [0.1, 0.15) is 18.2 Å². The molecule has 0 radical (unpaired) electrons. The molecule has 1 aromatic heterocycles. The van der Waals surface area contributed by atoms with Crippen molar-refractivity contribution in [2.45, 2.75) is 13.3 Å². The zero-order valence-electron chi connectivity index (χ0n) is 13.1. The predicted octanol–water partition coefficient (Wildman–Crippen LogP) is 3.14. The molecular weight excluding hydrogens is 302 g/mol. The second-order valence-corrected chi connectivity index (χ2v) is 5.65. The van der Waals surface area contributed by atoms with Gasteiger partial charge in [-0.25, -0.2) is 4.98 Å². The van der Waals surface area contributed by atoms with Gasteiger partial charge in [-0.3, -0.25) is 4.79 Å². The zero-order chi connectivity index (χ0) is 16.5. The molecule has 118 valence electrons. The molecule has 4 rings (SSSR count). The number of carbonyl (C=O) groups excluding carboxylic acids is 1. The van der Waals surface area contributed by atoms with E-state index >= 15 is 0 Å². The Labute approximate surface area is 139 Å². The van der Waals surface area contributed by atoms with Crippen molar-refractivity contribution in [1.29, 1.82) is 0 Å². The summed E-state index contributed by atoms with van der Waals surface area (Å²) in [4.78, 5) is 15.7. The van der Waals surface area contributed by atoms with Crippen LogP contribution in [0, 0.1) is 0 Å². The molecule has 2 N–H and O–H groups in total. The minimum absolute atomic E-state index is 0.0980. The highest BCUT2D eigenvalue weighted by atomic mass is 16.1. The molecule has 0 fully saturated rings. The SMILES string of the molecule is CC(=O)Nc1ccc(-c2nnc3c(n2)Cc2ccccc2N3)cc1. The molecule has 1 amide bonds. The van der Waals surface area contributed by atoms with Gasteiger partial charge in [0.25, 0.3) is 0 Å². The van der Waals surface area contributed by atoms with Gasteiger partial charge in [0, 0.05) is 30.3 Å². The van der Waals surface area contributed by atoms with Crippen LogP contribution in [0.15, 0.2) is 48.5 Å². The van der Waals surface area contributed by atoms with Gasteiger partial charge in [-0.1, -0.05) is 18.2 Å². The van der Waals surface area contributed by atoms with E-state index in [2.05, 4.69) is 31.9 Å². The number of aromatic nitrogens is 3. The van der Waals surface area contributed by atoms with Crippen LogP contribution >= 0.6 is 0 Å². The molecule has 0 atom stereocenters. The van der Waals surface area contributed by atoms with Crippen LogP contribution in [0.2, 0.25) is 0 Å². The van der Waals surface area contributed by atoms with Crippen molar-refractivity contribution < 1.29 is 4.79 Å². The van der Waals surface area contributed by atoms with Crippen LogP contribution in [0.3, 0.4) is 0 Å². The fraction of sp³-hybridized carbons (Fsp3) is 0.111. The van der Waals surface area contributed by atoms with Crippen LogP contribution in [-0.4, -0.2) is 21.1 Å². The number of hydrogen-bond acceptors (Lipinski definition) is 5. The van der Waals surface area contributed by atoms with E-state index in [1.54, 1.807) is 0 Å². The van der Waals surface area contributed by atoms with Crippen molar-refractivity contribution in [3.63, 3.8) is 0 Å². The molecule has 0 aliphatic carbocycles. The van der Waals surface area contributed by atoms with Crippen molar-refractivity contribution in [3.05, 3.63) is 59.8 Å². The van der Waals surface area contributed by atoms with Crippen LogP contribution in [-0.2, 0) is 11.2 Å². The summed E-state index contributed by atoms with van der Waals surface area (Å²) < 4.78 is 0. The van der Waals surface area contributed by atoms with Gasteiger partial charge in [-0.05, 0) is 35.9 Å². The number of fused-ring (bicyclic) bond motifs is 2. The maximum absolute atomic E-state index is 11.1. The van der Waals surface area contributed by atoms with E-state index in [9.17, 15) is 4.79 Å². The van der Waals surface area contributed by atoms with Gasteiger partial charge in [-0.2, -0.15) is 0 Å². The number of nitrogens with one attached hydrogen (secondary N) is 2. The summed E-state index contributed by atoms with van der Waals surface area (Å²) in [5.41, 5.74) is 4.72. The molecule has 0 unspecified atom stereocenters. The molecule has 0 saturated heterocycles. The highest BCUT2D eigenvalue weighted by molar-refractivity contribution is 5.88. The topological polar surface area (TPSA) is 79.8 Å². The first kappa shape index (κ1) is 14.3. The molecule has 6 nitrogen and oxygen atoms in total. The number of anilines is 3. The van der Waals surface area contributed by atoms with E-state index in [1.807, 2.05) is 42.5 Å². The Hall–Kier alpha value is -3.28. The maximum Gasteiger partial charge on any atom is 0.221 e. The standard InChI is InChI=1S/C18H15N5O/c1-11(24)19-14-8-6-12(7-9-14)17-21-16-10-13-4-2-3-5-15(13)20-18(16)23-22-17/h2-9H,10H2,1H3,(H,19,24)(H,20,23). The molecule has 1 aliphatic rings. The number of amides is 1. The van der Waals surface area contributed by atoms with Gasteiger partial charge in [0.05, 0.1) is 5.69 Å². The minimum Gasteiger partial charge on any atom is -0.337 e. The average molecular weight is 317 g/mol. The number of benzene rings is 2. The second kappa shape index (κ2) is 5.73. The normalized spacial score (nSPS) is 11.9. The fourth-order valence-electron chi connectivity index (χ4n) is 2.71. The van der Waals surface area contributed by atoms with E-state index in [0.717, 1.165) is 29.1 Å². The summed E-state index contributed by atoms with van der Waals surface area (Å²) in [5.74, 6) is 1.18. The van der Waals surface area contributed by atoms with Crippen molar-refractivity contribution >= 4 is 23.1 Å². The van der Waals surface area contributed by atoms with Gasteiger partial charge < -0.3 is 10.6 Å². The van der Waals surface area contributed by atoms with E-state index in [4.69, 9.17) is 0 Å². The van der Waals surface area contributed by atoms with Gasteiger partial charge in [0.1, 0.15) is 0 Å². The van der Waals surface area contributed by atoms with Gasteiger partial charge in [-0.15, -0.1) is 10.2 Å². The lowest BCUT2D eigenvalue weighted by atomic mass is 10.0. The number of rotatable bonds is 2. The summed E-state index contributed by atoms with van der Waals surface area (Å²) in [6, 6.07) is 15.5. The van der Waals surface area contributed by atoms with Gasteiger partial charge in [0.15, 0.2) is 11.6 Å². The first-order valence-electron chi connectivity index (χ1n) is 7.65. The molecule has 6 heteroatoms. The molecule has 0 bridgehead atoms. The number of carbonyl (C=O) groups is 1. The Morgan fingerprint density at radius 1 is 1.08 bits per heavy atom. The Morgan fingerprint density at radius 3 is 2.67 bits per heavy atom. The third-order valence-corrected chi connectivity index (χ3v) is 3.85. The molecule has 2 aromatic carbocycles. The predicted molar refractivity (Wildman–Crippen MR) is 92.1 cm³/mol. The number of para-hydroxylation sites is 1. The Morgan fingerprint density at radius 2 is 1.88 bits per heavy atom. The summed E-state index contributed by atoms with van der Waals surface area (Å²) in [6.45, 7) is 1.48. The lowest BCUT2D eigenvalue weighted by Gasteiger charge is -2.19. The quantitative estimate of drug-likeness (QED) is 0.594. The average Bonchev–Trinajstić information content (AvgIpc) is 2.59. The van der Waals surface area contributed by atoms with Crippen LogP contribution in [0.25, 0.3) is 11.4 Å². The smallest absolute Gasteiger partial charge is 0.221 e. The third kappa shape index (κ3) is 2.69. The van der Waals surface area contributed by atoms with E-state index < -0.39 is 0 Å². The second-order valence-electron chi connectivity index (χ2n) is 5.65. The van der Waals surface area contributed by atoms with E-state index in [0.29, 0.717) is 11.6 Å². The molecular formula is C18H15N5O. The molecule has 3 aromatic rings. The first-order valence-corrected chi connectivity index (χ1v) is 7.65. The summed E-state index contributed by atoms with van der Waals surface area (Å²) in [6.07, 6.45) is 0.727. The van der Waals surface area contributed by atoms with Crippen molar-refractivity contribution in [2.75, 3.05) is 10.6 Å². The highest BCUT2D eigenvalue weighted by Crippen LogP contribution is 2.30. The van der Waals surface area contributed by atoms with Crippen molar-refractivity contribution in [2.24, 2.45) is 0 Å². The highest BCUT2D eigenvalue weighted by Gasteiger charge is 2.18. The molecule has 0 saturated carbocycles.